The molecule has 0 heterocycles. The number of hydrogen-bond acceptors (Lipinski definition) is 3. The number of carboxylic acids is 1. The highest BCUT2D eigenvalue weighted by molar-refractivity contribution is 6.30. The lowest BCUT2D eigenvalue weighted by molar-refractivity contribution is -0.142. The molecule has 0 aliphatic rings. The lowest BCUT2D eigenvalue weighted by Gasteiger charge is -2.16. The van der Waals surface area contributed by atoms with Gasteiger partial charge in [-0.3, -0.25) is 4.79 Å². The standard InChI is InChI=1S/C15H20ClNO4/c1-10(2)9-13(15(19)20)17-14(18)7-8-21-12-5-3-11(16)4-6-12/h3-6,10,13H,7-9H2,1-2H3,(H,17,18)(H,19,20). The quantitative estimate of drug-likeness (QED) is 0.773. The fourth-order valence-electron chi connectivity index (χ4n) is 1.75. The van der Waals surface area contributed by atoms with Crippen LogP contribution >= 0.6 is 11.6 Å². The van der Waals surface area contributed by atoms with E-state index in [1.54, 1.807) is 24.3 Å². The van der Waals surface area contributed by atoms with Gasteiger partial charge in [0.1, 0.15) is 11.8 Å². The van der Waals surface area contributed by atoms with Gasteiger partial charge in [-0.15, -0.1) is 0 Å². The Morgan fingerprint density at radius 2 is 1.90 bits per heavy atom. The number of ether oxygens (including phenoxy) is 1. The van der Waals surface area contributed by atoms with Gasteiger partial charge in [-0.2, -0.15) is 0 Å². The van der Waals surface area contributed by atoms with Crippen LogP contribution in [0.3, 0.4) is 0 Å². The van der Waals surface area contributed by atoms with E-state index in [0.29, 0.717) is 17.2 Å². The summed E-state index contributed by atoms with van der Waals surface area (Å²) >= 11 is 5.75. The van der Waals surface area contributed by atoms with Gasteiger partial charge in [-0.25, -0.2) is 4.79 Å². The molecule has 116 valence electrons. The molecule has 0 bridgehead atoms. The minimum absolute atomic E-state index is 0.102. The molecule has 0 aliphatic heterocycles. The van der Waals surface area contributed by atoms with Gasteiger partial charge < -0.3 is 15.2 Å². The van der Waals surface area contributed by atoms with Gasteiger partial charge >= 0.3 is 5.97 Å². The van der Waals surface area contributed by atoms with Crippen molar-refractivity contribution in [2.24, 2.45) is 5.92 Å². The molecule has 1 rings (SSSR count). The smallest absolute Gasteiger partial charge is 0.326 e. The topological polar surface area (TPSA) is 75.6 Å². The van der Waals surface area contributed by atoms with Crippen LogP contribution < -0.4 is 10.1 Å². The predicted octanol–water partition coefficient (Wildman–Crippen LogP) is 2.72. The molecule has 0 fully saturated rings. The van der Waals surface area contributed by atoms with Crippen molar-refractivity contribution in [3.05, 3.63) is 29.3 Å². The molecule has 1 aromatic rings. The molecule has 2 N–H and O–H groups in total. The number of hydrogen-bond donors (Lipinski definition) is 2. The van der Waals surface area contributed by atoms with Crippen LogP contribution in [0.2, 0.25) is 5.02 Å². The SMILES string of the molecule is CC(C)CC(NC(=O)CCOc1ccc(Cl)cc1)C(=O)O. The summed E-state index contributed by atoms with van der Waals surface area (Å²) in [6, 6.07) is 5.95. The summed E-state index contributed by atoms with van der Waals surface area (Å²) in [5, 5.41) is 12.2. The van der Waals surface area contributed by atoms with E-state index in [2.05, 4.69) is 5.32 Å². The van der Waals surface area contributed by atoms with Crippen molar-refractivity contribution < 1.29 is 19.4 Å². The van der Waals surface area contributed by atoms with Crippen LogP contribution in [0, 0.1) is 5.92 Å². The molecule has 1 amide bonds. The molecule has 0 aromatic heterocycles. The zero-order valence-electron chi connectivity index (χ0n) is 12.1. The van der Waals surface area contributed by atoms with Crippen LogP contribution in [0.25, 0.3) is 0 Å². The third kappa shape index (κ3) is 6.99. The minimum Gasteiger partial charge on any atom is -0.493 e. The van der Waals surface area contributed by atoms with Crippen LogP contribution in [0.4, 0.5) is 0 Å². The van der Waals surface area contributed by atoms with Crippen LogP contribution in [-0.2, 0) is 9.59 Å². The van der Waals surface area contributed by atoms with E-state index in [-0.39, 0.29) is 24.9 Å². The Morgan fingerprint density at radius 3 is 2.43 bits per heavy atom. The van der Waals surface area contributed by atoms with E-state index in [0.717, 1.165) is 0 Å². The lowest BCUT2D eigenvalue weighted by Crippen LogP contribution is -2.42. The van der Waals surface area contributed by atoms with Crippen molar-refractivity contribution in [2.45, 2.75) is 32.7 Å². The number of carbonyl (C=O) groups is 2. The molecule has 1 atom stereocenters. The zero-order valence-corrected chi connectivity index (χ0v) is 12.9. The summed E-state index contributed by atoms with van der Waals surface area (Å²) in [6.45, 7) is 4.00. The second-order valence-electron chi connectivity index (χ2n) is 5.14. The first kappa shape index (κ1) is 17.3. The number of aliphatic carboxylic acids is 1. The first-order valence-corrected chi connectivity index (χ1v) is 7.17. The summed E-state index contributed by atoms with van der Waals surface area (Å²) in [4.78, 5) is 22.7. The Bertz CT molecular complexity index is 473. The summed E-state index contributed by atoms with van der Waals surface area (Å²) in [5.74, 6) is -0.548. The van der Waals surface area contributed by atoms with E-state index in [9.17, 15) is 9.59 Å². The van der Waals surface area contributed by atoms with Crippen LogP contribution in [-0.4, -0.2) is 29.6 Å². The molecular weight excluding hydrogens is 294 g/mol. The Hall–Kier alpha value is -1.75. The lowest BCUT2D eigenvalue weighted by atomic mass is 10.0. The monoisotopic (exact) mass is 313 g/mol. The maximum atomic E-state index is 11.7. The van der Waals surface area contributed by atoms with Crippen molar-refractivity contribution in [1.82, 2.24) is 5.32 Å². The Labute approximate surface area is 129 Å². The minimum atomic E-state index is -1.02. The highest BCUT2D eigenvalue weighted by Gasteiger charge is 2.20. The van der Waals surface area contributed by atoms with E-state index >= 15 is 0 Å². The first-order valence-electron chi connectivity index (χ1n) is 6.79. The van der Waals surface area contributed by atoms with E-state index in [1.807, 2.05) is 13.8 Å². The zero-order chi connectivity index (χ0) is 15.8. The number of benzene rings is 1. The highest BCUT2D eigenvalue weighted by atomic mass is 35.5. The molecule has 0 saturated carbocycles. The Morgan fingerprint density at radius 1 is 1.29 bits per heavy atom. The normalized spacial score (nSPS) is 12.0. The fourth-order valence-corrected chi connectivity index (χ4v) is 1.88. The van der Waals surface area contributed by atoms with Crippen molar-refractivity contribution in [3.63, 3.8) is 0 Å². The maximum absolute atomic E-state index is 11.7. The largest absolute Gasteiger partial charge is 0.493 e. The summed E-state index contributed by atoms with van der Waals surface area (Å²) in [6.07, 6.45) is 0.504. The molecule has 6 heteroatoms. The third-order valence-corrected chi connectivity index (χ3v) is 3.00. The Kier molecular flexibility index (Phi) is 7.02. The molecule has 0 radical (unpaired) electrons. The Balaban J connectivity index is 2.35. The molecule has 0 spiro atoms. The van der Waals surface area contributed by atoms with Gasteiger partial charge in [-0.05, 0) is 36.6 Å². The first-order chi connectivity index (χ1) is 9.88. The summed E-state index contributed by atoms with van der Waals surface area (Å²) < 4.78 is 5.39. The molecule has 1 unspecified atom stereocenters. The van der Waals surface area contributed by atoms with E-state index in [4.69, 9.17) is 21.4 Å². The molecule has 21 heavy (non-hydrogen) atoms. The number of carbonyl (C=O) groups excluding carboxylic acids is 1. The van der Waals surface area contributed by atoms with Crippen LogP contribution in [0.15, 0.2) is 24.3 Å². The van der Waals surface area contributed by atoms with E-state index in [1.165, 1.54) is 0 Å². The molecule has 0 saturated heterocycles. The van der Waals surface area contributed by atoms with Crippen LogP contribution in [0.1, 0.15) is 26.7 Å². The average molecular weight is 314 g/mol. The van der Waals surface area contributed by atoms with Gasteiger partial charge in [0.05, 0.1) is 13.0 Å². The molecule has 0 aliphatic carbocycles. The summed E-state index contributed by atoms with van der Waals surface area (Å²) in [7, 11) is 0. The number of carboxylic acid groups (broad SMARTS) is 1. The third-order valence-electron chi connectivity index (χ3n) is 2.75. The van der Waals surface area contributed by atoms with Gasteiger partial charge in [-0.1, -0.05) is 25.4 Å². The van der Waals surface area contributed by atoms with Gasteiger partial charge in [0.15, 0.2) is 0 Å². The van der Waals surface area contributed by atoms with Gasteiger partial charge in [0, 0.05) is 5.02 Å². The number of amides is 1. The van der Waals surface area contributed by atoms with E-state index < -0.39 is 12.0 Å². The molecule has 5 nitrogen and oxygen atoms in total. The second kappa shape index (κ2) is 8.52. The van der Waals surface area contributed by atoms with Crippen molar-refractivity contribution in [1.29, 1.82) is 0 Å². The van der Waals surface area contributed by atoms with Crippen LogP contribution in [0.5, 0.6) is 5.75 Å². The fraction of sp³-hybridized carbons (Fsp3) is 0.467. The molecular formula is C15H20ClNO4. The average Bonchev–Trinajstić information content (AvgIpc) is 2.39. The number of halogens is 1. The van der Waals surface area contributed by atoms with Gasteiger partial charge in [0.2, 0.25) is 5.91 Å². The number of rotatable bonds is 8. The van der Waals surface area contributed by atoms with Crippen molar-refractivity contribution in [3.8, 4) is 5.75 Å². The number of nitrogens with one attached hydrogen (secondary N) is 1. The van der Waals surface area contributed by atoms with Crippen molar-refractivity contribution in [2.75, 3.05) is 6.61 Å². The summed E-state index contributed by atoms with van der Waals surface area (Å²) in [5.41, 5.74) is 0. The predicted molar refractivity (Wildman–Crippen MR) is 80.6 cm³/mol. The maximum Gasteiger partial charge on any atom is 0.326 e. The second-order valence-corrected chi connectivity index (χ2v) is 5.58. The molecule has 1 aromatic carbocycles. The van der Waals surface area contributed by atoms with Gasteiger partial charge in [0.25, 0.3) is 0 Å². The van der Waals surface area contributed by atoms with Crippen molar-refractivity contribution >= 4 is 23.5 Å². The highest BCUT2D eigenvalue weighted by Crippen LogP contribution is 2.15.